The average Bonchev–Trinajstić information content (AvgIpc) is 2.71. The number of benzene rings is 1. The second kappa shape index (κ2) is 4.58. The van der Waals surface area contributed by atoms with Crippen LogP contribution >= 0.6 is 0 Å². The van der Waals surface area contributed by atoms with Crippen LogP contribution in [-0.4, -0.2) is 12.5 Å². The molecule has 88 valence electrons. The summed E-state index contributed by atoms with van der Waals surface area (Å²) in [5.74, 6) is 0.335. The van der Waals surface area contributed by atoms with E-state index in [0.717, 1.165) is 5.69 Å². The van der Waals surface area contributed by atoms with Crippen LogP contribution in [0, 0.1) is 17.2 Å². The fraction of sp³-hybridized carbons (Fsp3) is 0.429. The summed E-state index contributed by atoms with van der Waals surface area (Å²) in [5.41, 5.74) is 2.13. The Morgan fingerprint density at radius 3 is 2.82 bits per heavy atom. The van der Waals surface area contributed by atoms with Gasteiger partial charge in [0.25, 0.3) is 0 Å². The lowest BCUT2D eigenvalue weighted by Crippen LogP contribution is -2.24. The van der Waals surface area contributed by atoms with Gasteiger partial charge in [-0.15, -0.1) is 0 Å². The molecule has 1 unspecified atom stereocenters. The van der Waals surface area contributed by atoms with Crippen molar-refractivity contribution in [3.8, 4) is 6.07 Å². The summed E-state index contributed by atoms with van der Waals surface area (Å²) in [6.45, 7) is 4.78. The van der Waals surface area contributed by atoms with E-state index in [1.54, 1.807) is 4.90 Å². The summed E-state index contributed by atoms with van der Waals surface area (Å²) in [7, 11) is 0. The molecule has 2 rings (SSSR count). The molecule has 0 aromatic heterocycles. The van der Waals surface area contributed by atoms with Crippen molar-refractivity contribution in [3.63, 3.8) is 0 Å². The number of rotatable bonds is 2. The maximum atomic E-state index is 11.8. The first-order valence-electron chi connectivity index (χ1n) is 5.91. The zero-order chi connectivity index (χ0) is 12.4. The van der Waals surface area contributed by atoms with Gasteiger partial charge in [-0.3, -0.25) is 4.79 Å². The fourth-order valence-corrected chi connectivity index (χ4v) is 2.10. The quantitative estimate of drug-likeness (QED) is 0.781. The molecule has 1 aliphatic heterocycles. The Morgan fingerprint density at radius 1 is 1.47 bits per heavy atom. The summed E-state index contributed by atoms with van der Waals surface area (Å²) in [4.78, 5) is 13.5. The standard InChI is InChI=1S/C14H16N2O/c1-10(2)12-4-3-5-13(7-12)16-9-11(8-15)6-14(16)17/h3-5,7,10-11H,6,9H2,1-2H3. The summed E-state index contributed by atoms with van der Waals surface area (Å²) in [6.07, 6.45) is 0.350. The largest absolute Gasteiger partial charge is 0.311 e. The number of carbonyl (C=O) groups is 1. The summed E-state index contributed by atoms with van der Waals surface area (Å²) >= 11 is 0. The molecular weight excluding hydrogens is 212 g/mol. The molecule has 3 heteroatoms. The minimum absolute atomic E-state index is 0.0532. The molecule has 0 spiro atoms. The monoisotopic (exact) mass is 228 g/mol. The fourth-order valence-electron chi connectivity index (χ4n) is 2.10. The van der Waals surface area contributed by atoms with E-state index in [1.165, 1.54) is 5.56 Å². The first kappa shape index (κ1) is 11.7. The van der Waals surface area contributed by atoms with Gasteiger partial charge in [-0.25, -0.2) is 0 Å². The Labute approximate surface area is 102 Å². The van der Waals surface area contributed by atoms with E-state index in [2.05, 4.69) is 26.0 Å². The molecule has 1 aliphatic rings. The molecule has 1 aromatic carbocycles. The summed E-state index contributed by atoms with van der Waals surface area (Å²) in [6, 6.07) is 10.2. The Morgan fingerprint density at radius 2 is 2.24 bits per heavy atom. The molecule has 0 N–H and O–H groups in total. The van der Waals surface area contributed by atoms with Crippen LogP contribution in [0.4, 0.5) is 5.69 Å². The third kappa shape index (κ3) is 2.31. The van der Waals surface area contributed by atoms with Gasteiger partial charge in [0.05, 0.1) is 12.0 Å². The van der Waals surface area contributed by atoms with Crippen LogP contribution < -0.4 is 4.90 Å². The number of nitriles is 1. The Balaban J connectivity index is 2.26. The smallest absolute Gasteiger partial charge is 0.228 e. The number of anilines is 1. The molecule has 1 aromatic rings. The average molecular weight is 228 g/mol. The lowest BCUT2D eigenvalue weighted by atomic mass is 10.0. The molecule has 17 heavy (non-hydrogen) atoms. The maximum absolute atomic E-state index is 11.8. The Hall–Kier alpha value is -1.82. The van der Waals surface area contributed by atoms with Gasteiger partial charge in [0, 0.05) is 18.7 Å². The highest BCUT2D eigenvalue weighted by atomic mass is 16.2. The van der Waals surface area contributed by atoms with Crippen molar-refractivity contribution in [1.82, 2.24) is 0 Å². The van der Waals surface area contributed by atoms with Crippen LogP contribution in [-0.2, 0) is 4.79 Å². The second-order valence-electron chi connectivity index (χ2n) is 4.78. The zero-order valence-electron chi connectivity index (χ0n) is 10.2. The first-order chi connectivity index (χ1) is 8.11. The van der Waals surface area contributed by atoms with Crippen molar-refractivity contribution >= 4 is 11.6 Å². The van der Waals surface area contributed by atoms with Gasteiger partial charge in [0.15, 0.2) is 0 Å². The first-order valence-corrected chi connectivity index (χ1v) is 5.91. The van der Waals surface area contributed by atoms with Crippen molar-refractivity contribution in [2.45, 2.75) is 26.2 Å². The van der Waals surface area contributed by atoms with Gasteiger partial charge >= 0.3 is 0 Å². The predicted molar refractivity (Wildman–Crippen MR) is 66.6 cm³/mol. The van der Waals surface area contributed by atoms with Crippen molar-refractivity contribution in [2.75, 3.05) is 11.4 Å². The van der Waals surface area contributed by atoms with Gasteiger partial charge in [-0.1, -0.05) is 26.0 Å². The topological polar surface area (TPSA) is 44.1 Å². The lowest BCUT2D eigenvalue weighted by Gasteiger charge is -2.17. The zero-order valence-corrected chi connectivity index (χ0v) is 10.2. The minimum atomic E-state index is -0.162. The second-order valence-corrected chi connectivity index (χ2v) is 4.78. The summed E-state index contributed by atoms with van der Waals surface area (Å²) in [5, 5.41) is 8.86. The number of amides is 1. The predicted octanol–water partition coefficient (Wildman–Crippen LogP) is 2.69. The molecule has 1 heterocycles. The van der Waals surface area contributed by atoms with Crippen LogP contribution in [0.1, 0.15) is 31.7 Å². The highest BCUT2D eigenvalue weighted by Crippen LogP contribution is 2.27. The number of carbonyl (C=O) groups excluding carboxylic acids is 1. The number of nitrogens with zero attached hydrogens (tertiary/aromatic N) is 2. The van der Waals surface area contributed by atoms with Crippen molar-refractivity contribution < 1.29 is 4.79 Å². The molecule has 0 radical (unpaired) electrons. The molecule has 0 saturated carbocycles. The van der Waals surface area contributed by atoms with Crippen LogP contribution in [0.25, 0.3) is 0 Å². The minimum Gasteiger partial charge on any atom is -0.311 e. The highest BCUT2D eigenvalue weighted by Gasteiger charge is 2.30. The van der Waals surface area contributed by atoms with E-state index >= 15 is 0 Å². The van der Waals surface area contributed by atoms with Gasteiger partial charge in [0.1, 0.15) is 0 Å². The van der Waals surface area contributed by atoms with Crippen LogP contribution in [0.3, 0.4) is 0 Å². The molecule has 0 aliphatic carbocycles. The van der Waals surface area contributed by atoms with Crippen molar-refractivity contribution in [2.24, 2.45) is 5.92 Å². The van der Waals surface area contributed by atoms with Crippen molar-refractivity contribution in [1.29, 1.82) is 5.26 Å². The van der Waals surface area contributed by atoms with E-state index in [9.17, 15) is 4.79 Å². The van der Waals surface area contributed by atoms with E-state index in [4.69, 9.17) is 5.26 Å². The third-order valence-corrected chi connectivity index (χ3v) is 3.16. The van der Waals surface area contributed by atoms with E-state index in [1.807, 2.05) is 18.2 Å². The number of hydrogen-bond donors (Lipinski definition) is 0. The van der Waals surface area contributed by atoms with Crippen molar-refractivity contribution in [3.05, 3.63) is 29.8 Å². The van der Waals surface area contributed by atoms with E-state index in [0.29, 0.717) is 18.9 Å². The molecule has 1 saturated heterocycles. The SMILES string of the molecule is CC(C)c1cccc(N2CC(C#N)CC2=O)c1. The summed E-state index contributed by atoms with van der Waals surface area (Å²) < 4.78 is 0. The highest BCUT2D eigenvalue weighted by molar-refractivity contribution is 5.96. The molecule has 0 bridgehead atoms. The maximum Gasteiger partial charge on any atom is 0.228 e. The van der Waals surface area contributed by atoms with Crippen LogP contribution in [0.2, 0.25) is 0 Å². The molecule has 3 nitrogen and oxygen atoms in total. The molecule has 1 fully saturated rings. The van der Waals surface area contributed by atoms with E-state index < -0.39 is 0 Å². The van der Waals surface area contributed by atoms with Gasteiger partial charge in [0.2, 0.25) is 5.91 Å². The van der Waals surface area contributed by atoms with E-state index in [-0.39, 0.29) is 11.8 Å². The van der Waals surface area contributed by atoms with Crippen LogP contribution in [0.5, 0.6) is 0 Å². The van der Waals surface area contributed by atoms with Crippen LogP contribution in [0.15, 0.2) is 24.3 Å². The number of hydrogen-bond acceptors (Lipinski definition) is 2. The van der Waals surface area contributed by atoms with Gasteiger partial charge in [-0.2, -0.15) is 5.26 Å². The Bertz CT molecular complexity index is 473. The van der Waals surface area contributed by atoms with Gasteiger partial charge in [-0.05, 0) is 23.6 Å². The van der Waals surface area contributed by atoms with Gasteiger partial charge < -0.3 is 4.90 Å². The third-order valence-electron chi connectivity index (χ3n) is 3.16. The normalized spacial score (nSPS) is 19.8. The Kier molecular flexibility index (Phi) is 3.14. The molecule has 1 amide bonds. The molecular formula is C14H16N2O. The molecule has 1 atom stereocenters. The lowest BCUT2D eigenvalue weighted by molar-refractivity contribution is -0.117.